The van der Waals surface area contributed by atoms with E-state index in [0.29, 0.717) is 0 Å². The number of hydrogen-bond donors (Lipinski definition) is 0. The van der Waals surface area contributed by atoms with Gasteiger partial charge < -0.3 is 4.90 Å². The Hall–Kier alpha value is -2.61. The van der Waals surface area contributed by atoms with Gasteiger partial charge in [-0.05, 0) is 47.4 Å². The zero-order valence-corrected chi connectivity index (χ0v) is 14.0. The monoisotopic (exact) mass is 302 g/mol. The molecule has 2 heteroatoms. The first kappa shape index (κ1) is 15.3. The fraction of sp³-hybridized carbons (Fsp3) is 0.190. The molecule has 0 unspecified atom stereocenters. The standard InChI is InChI=1S/C21H22N2/c1-4-17-15-16(10-12-21(17)23(2)3)9-11-18-13-14-22-20-8-6-5-7-19(18)20/h5-15H,4H2,1-3H3. The van der Waals surface area contributed by atoms with Crippen molar-refractivity contribution < 1.29 is 0 Å². The summed E-state index contributed by atoms with van der Waals surface area (Å²) in [4.78, 5) is 6.59. The lowest BCUT2D eigenvalue weighted by Gasteiger charge is -2.17. The molecule has 0 aliphatic heterocycles. The normalized spacial score (nSPS) is 11.3. The molecule has 1 aromatic heterocycles. The molecule has 0 amide bonds. The molecule has 116 valence electrons. The summed E-state index contributed by atoms with van der Waals surface area (Å²) in [6.07, 6.45) is 7.26. The summed E-state index contributed by atoms with van der Waals surface area (Å²) in [6, 6.07) is 17.0. The van der Waals surface area contributed by atoms with Gasteiger partial charge in [0.05, 0.1) is 5.52 Å². The van der Waals surface area contributed by atoms with Crippen LogP contribution in [0.2, 0.25) is 0 Å². The number of nitrogens with zero attached hydrogens (tertiary/aromatic N) is 2. The maximum absolute atomic E-state index is 4.42. The number of hydrogen-bond acceptors (Lipinski definition) is 2. The van der Waals surface area contributed by atoms with Crippen LogP contribution in [0.25, 0.3) is 23.1 Å². The quantitative estimate of drug-likeness (QED) is 0.671. The summed E-state index contributed by atoms with van der Waals surface area (Å²) in [5, 5.41) is 1.19. The Morgan fingerprint density at radius 2 is 1.83 bits per heavy atom. The highest BCUT2D eigenvalue weighted by Crippen LogP contribution is 2.23. The zero-order chi connectivity index (χ0) is 16.2. The molecule has 0 atom stereocenters. The summed E-state index contributed by atoms with van der Waals surface area (Å²) in [7, 11) is 4.18. The smallest absolute Gasteiger partial charge is 0.0707 e. The lowest BCUT2D eigenvalue weighted by molar-refractivity contribution is 1.06. The number of anilines is 1. The van der Waals surface area contributed by atoms with Gasteiger partial charge in [-0.3, -0.25) is 4.98 Å². The first-order chi connectivity index (χ1) is 11.2. The Labute approximate surface area is 138 Å². The molecule has 3 aromatic rings. The van der Waals surface area contributed by atoms with E-state index >= 15 is 0 Å². The molecule has 0 saturated carbocycles. The van der Waals surface area contributed by atoms with E-state index < -0.39 is 0 Å². The van der Waals surface area contributed by atoms with Gasteiger partial charge in [-0.15, -0.1) is 0 Å². The van der Waals surface area contributed by atoms with E-state index in [2.05, 4.69) is 79.5 Å². The van der Waals surface area contributed by atoms with Gasteiger partial charge in [-0.2, -0.15) is 0 Å². The highest BCUT2D eigenvalue weighted by Gasteiger charge is 2.03. The van der Waals surface area contributed by atoms with Crippen molar-refractivity contribution in [1.29, 1.82) is 0 Å². The highest BCUT2D eigenvalue weighted by atomic mass is 15.1. The van der Waals surface area contributed by atoms with Crippen molar-refractivity contribution in [2.75, 3.05) is 19.0 Å². The Morgan fingerprint density at radius 1 is 1.00 bits per heavy atom. The van der Waals surface area contributed by atoms with Crippen molar-refractivity contribution in [3.05, 3.63) is 71.4 Å². The van der Waals surface area contributed by atoms with Crippen molar-refractivity contribution in [2.45, 2.75) is 13.3 Å². The Kier molecular flexibility index (Phi) is 4.42. The zero-order valence-electron chi connectivity index (χ0n) is 14.0. The van der Waals surface area contributed by atoms with Crippen LogP contribution in [0, 0.1) is 0 Å². The van der Waals surface area contributed by atoms with Crippen molar-refractivity contribution in [1.82, 2.24) is 4.98 Å². The van der Waals surface area contributed by atoms with Crippen LogP contribution in [0.3, 0.4) is 0 Å². The Morgan fingerprint density at radius 3 is 2.61 bits per heavy atom. The SMILES string of the molecule is CCc1cc(C=Cc2ccnc3ccccc23)ccc1N(C)C. The fourth-order valence-corrected chi connectivity index (χ4v) is 2.88. The van der Waals surface area contributed by atoms with Crippen molar-refractivity contribution >= 4 is 28.7 Å². The van der Waals surface area contributed by atoms with E-state index in [9.17, 15) is 0 Å². The summed E-state index contributed by atoms with van der Waals surface area (Å²) in [5.41, 5.74) is 6.13. The summed E-state index contributed by atoms with van der Waals surface area (Å²) in [6.45, 7) is 2.20. The number of aromatic nitrogens is 1. The molecule has 0 fully saturated rings. The topological polar surface area (TPSA) is 16.1 Å². The molecule has 0 saturated heterocycles. The second-order valence-corrected chi connectivity index (χ2v) is 5.89. The van der Waals surface area contributed by atoms with Crippen LogP contribution in [0.1, 0.15) is 23.6 Å². The lowest BCUT2D eigenvalue weighted by atomic mass is 10.0. The molecule has 0 N–H and O–H groups in total. The number of aryl methyl sites for hydroxylation is 1. The van der Waals surface area contributed by atoms with Crippen LogP contribution in [0.15, 0.2) is 54.7 Å². The maximum Gasteiger partial charge on any atom is 0.0707 e. The first-order valence-electron chi connectivity index (χ1n) is 8.01. The van der Waals surface area contributed by atoms with Crippen LogP contribution >= 0.6 is 0 Å². The van der Waals surface area contributed by atoms with E-state index in [1.165, 1.54) is 27.8 Å². The van der Waals surface area contributed by atoms with Crippen LogP contribution in [0.5, 0.6) is 0 Å². The maximum atomic E-state index is 4.42. The van der Waals surface area contributed by atoms with Crippen molar-refractivity contribution in [3.8, 4) is 0 Å². The predicted octanol–water partition coefficient (Wildman–Crippen LogP) is 5.03. The second-order valence-electron chi connectivity index (χ2n) is 5.89. The van der Waals surface area contributed by atoms with Gasteiger partial charge >= 0.3 is 0 Å². The molecule has 0 aliphatic rings. The Balaban J connectivity index is 1.96. The minimum Gasteiger partial charge on any atom is -0.377 e. The summed E-state index contributed by atoms with van der Waals surface area (Å²) in [5.74, 6) is 0. The van der Waals surface area contributed by atoms with Gasteiger partial charge in [-0.1, -0.05) is 43.3 Å². The Bertz CT molecular complexity index is 842. The number of fused-ring (bicyclic) bond motifs is 1. The van der Waals surface area contributed by atoms with E-state index in [0.717, 1.165) is 11.9 Å². The van der Waals surface area contributed by atoms with Crippen LogP contribution in [0.4, 0.5) is 5.69 Å². The molecular weight excluding hydrogens is 280 g/mol. The van der Waals surface area contributed by atoms with Gasteiger partial charge in [0.1, 0.15) is 0 Å². The van der Waals surface area contributed by atoms with Gasteiger partial charge in [0.15, 0.2) is 0 Å². The predicted molar refractivity (Wildman–Crippen MR) is 101 cm³/mol. The molecule has 0 spiro atoms. The van der Waals surface area contributed by atoms with Crippen LogP contribution in [-0.4, -0.2) is 19.1 Å². The second kappa shape index (κ2) is 6.66. The average Bonchev–Trinajstić information content (AvgIpc) is 2.59. The molecular formula is C21H22N2. The molecule has 0 bridgehead atoms. The largest absolute Gasteiger partial charge is 0.377 e. The highest BCUT2D eigenvalue weighted by molar-refractivity contribution is 5.90. The summed E-state index contributed by atoms with van der Waals surface area (Å²) >= 11 is 0. The van der Waals surface area contributed by atoms with Crippen LogP contribution < -0.4 is 4.90 Å². The van der Waals surface area contributed by atoms with Crippen LogP contribution in [-0.2, 0) is 6.42 Å². The van der Waals surface area contributed by atoms with Crippen molar-refractivity contribution in [3.63, 3.8) is 0 Å². The van der Waals surface area contributed by atoms with Gasteiger partial charge in [0.2, 0.25) is 0 Å². The van der Waals surface area contributed by atoms with Gasteiger partial charge in [0.25, 0.3) is 0 Å². The van der Waals surface area contributed by atoms with E-state index in [4.69, 9.17) is 0 Å². The molecule has 23 heavy (non-hydrogen) atoms. The number of para-hydroxylation sites is 1. The van der Waals surface area contributed by atoms with E-state index in [-0.39, 0.29) is 0 Å². The molecule has 0 aliphatic carbocycles. The summed E-state index contributed by atoms with van der Waals surface area (Å²) < 4.78 is 0. The van der Waals surface area contributed by atoms with Crippen molar-refractivity contribution in [2.24, 2.45) is 0 Å². The molecule has 0 radical (unpaired) electrons. The molecule has 1 heterocycles. The van der Waals surface area contributed by atoms with Gasteiger partial charge in [0, 0.05) is 31.4 Å². The van der Waals surface area contributed by atoms with E-state index in [1.807, 2.05) is 18.3 Å². The molecule has 2 aromatic carbocycles. The number of benzene rings is 2. The lowest BCUT2D eigenvalue weighted by Crippen LogP contribution is -2.11. The average molecular weight is 302 g/mol. The number of pyridine rings is 1. The third-order valence-electron chi connectivity index (χ3n) is 4.10. The van der Waals surface area contributed by atoms with E-state index in [1.54, 1.807) is 0 Å². The number of rotatable bonds is 4. The first-order valence-corrected chi connectivity index (χ1v) is 8.01. The minimum absolute atomic E-state index is 1.03. The van der Waals surface area contributed by atoms with Gasteiger partial charge in [-0.25, -0.2) is 0 Å². The fourth-order valence-electron chi connectivity index (χ4n) is 2.88. The third-order valence-corrected chi connectivity index (χ3v) is 4.10. The third kappa shape index (κ3) is 3.26. The molecule has 2 nitrogen and oxygen atoms in total. The minimum atomic E-state index is 1.03. The molecule has 3 rings (SSSR count).